The molecule has 2 rings (SSSR count). The molecule has 110 valence electrons. The Balaban J connectivity index is 2.37. The van der Waals surface area contributed by atoms with Crippen LogP contribution in [-0.2, 0) is 6.54 Å². The van der Waals surface area contributed by atoms with Crippen LogP contribution in [0.25, 0.3) is 0 Å². The fourth-order valence-electron chi connectivity index (χ4n) is 2.41. The predicted molar refractivity (Wildman–Crippen MR) is 82.2 cm³/mol. The summed E-state index contributed by atoms with van der Waals surface area (Å²) >= 11 is 0. The van der Waals surface area contributed by atoms with Gasteiger partial charge in [-0.2, -0.15) is 0 Å². The number of oxime groups is 1. The number of nitrogens with zero attached hydrogens (tertiary/aromatic N) is 2. The fraction of sp³-hybridized carbons (Fsp3) is 0.188. The number of halogens is 1. The van der Waals surface area contributed by atoms with E-state index >= 15 is 0 Å². The zero-order valence-electron chi connectivity index (χ0n) is 12.0. The fourth-order valence-corrected chi connectivity index (χ4v) is 2.41. The van der Waals surface area contributed by atoms with Gasteiger partial charge in [-0.25, -0.2) is 4.39 Å². The highest BCUT2D eigenvalue weighted by Gasteiger charge is 2.14. The molecular weight excluding hydrogens is 269 g/mol. The third-order valence-corrected chi connectivity index (χ3v) is 3.31. The highest BCUT2D eigenvalue weighted by molar-refractivity contribution is 6.02. The molecule has 0 atom stereocenters. The van der Waals surface area contributed by atoms with Crippen LogP contribution in [0.15, 0.2) is 47.6 Å². The van der Waals surface area contributed by atoms with Crippen molar-refractivity contribution in [3.05, 3.63) is 65.0 Å². The van der Waals surface area contributed by atoms with E-state index < -0.39 is 0 Å². The van der Waals surface area contributed by atoms with E-state index in [0.29, 0.717) is 12.1 Å². The minimum atomic E-state index is -0.262. The van der Waals surface area contributed by atoms with E-state index in [1.54, 1.807) is 12.1 Å². The lowest BCUT2D eigenvalue weighted by Gasteiger charge is -2.24. The molecule has 0 heterocycles. The van der Waals surface area contributed by atoms with Crippen molar-refractivity contribution in [2.24, 2.45) is 10.9 Å². The lowest BCUT2D eigenvalue weighted by Crippen LogP contribution is -2.23. The van der Waals surface area contributed by atoms with Crippen LogP contribution in [0.1, 0.15) is 16.7 Å². The molecular formula is C16H18FN3O. The molecule has 5 heteroatoms. The summed E-state index contributed by atoms with van der Waals surface area (Å²) in [6, 6.07) is 12.0. The number of rotatable bonds is 4. The molecule has 3 N–H and O–H groups in total. The Kier molecular flexibility index (Phi) is 4.42. The van der Waals surface area contributed by atoms with Crippen LogP contribution in [0.3, 0.4) is 0 Å². The zero-order chi connectivity index (χ0) is 15.4. The molecule has 4 nitrogen and oxygen atoms in total. The summed E-state index contributed by atoms with van der Waals surface area (Å²) in [4.78, 5) is 1.96. The summed E-state index contributed by atoms with van der Waals surface area (Å²) in [5.74, 6) is -0.206. The minimum Gasteiger partial charge on any atom is -0.409 e. The van der Waals surface area contributed by atoms with Crippen LogP contribution in [0, 0.1) is 12.7 Å². The first-order chi connectivity index (χ1) is 10.0. The minimum absolute atomic E-state index is 0.0554. The monoisotopic (exact) mass is 287 g/mol. The van der Waals surface area contributed by atoms with Crippen LogP contribution in [0.4, 0.5) is 10.1 Å². The summed E-state index contributed by atoms with van der Waals surface area (Å²) in [5.41, 5.74) is 9.09. The summed E-state index contributed by atoms with van der Waals surface area (Å²) in [7, 11) is 1.89. The Hall–Kier alpha value is -2.56. The van der Waals surface area contributed by atoms with Gasteiger partial charge in [0.05, 0.1) is 5.69 Å². The van der Waals surface area contributed by atoms with Crippen molar-refractivity contribution in [1.82, 2.24) is 0 Å². The van der Waals surface area contributed by atoms with Gasteiger partial charge in [0.1, 0.15) is 5.82 Å². The largest absolute Gasteiger partial charge is 0.409 e. The number of para-hydroxylation sites is 1. The average molecular weight is 287 g/mol. The molecule has 2 aromatic rings. The van der Waals surface area contributed by atoms with Gasteiger partial charge in [0.25, 0.3) is 0 Å². The van der Waals surface area contributed by atoms with Gasteiger partial charge in [0.2, 0.25) is 0 Å². The Morgan fingerprint density at radius 2 is 2.00 bits per heavy atom. The van der Waals surface area contributed by atoms with Gasteiger partial charge < -0.3 is 15.8 Å². The summed E-state index contributed by atoms with van der Waals surface area (Å²) < 4.78 is 13.3. The van der Waals surface area contributed by atoms with E-state index in [1.807, 2.05) is 37.1 Å². The highest BCUT2D eigenvalue weighted by atomic mass is 19.1. The Labute approximate surface area is 123 Å². The van der Waals surface area contributed by atoms with Gasteiger partial charge in [-0.05, 0) is 36.2 Å². The number of hydrogen-bond donors (Lipinski definition) is 2. The van der Waals surface area contributed by atoms with Gasteiger partial charge in [-0.3, -0.25) is 0 Å². The number of hydrogen-bond acceptors (Lipinski definition) is 3. The first kappa shape index (κ1) is 14.8. The first-order valence-corrected chi connectivity index (χ1v) is 6.56. The molecule has 0 aliphatic heterocycles. The molecule has 0 saturated heterocycles. The Bertz CT molecular complexity index is 670. The lowest BCUT2D eigenvalue weighted by molar-refractivity contribution is 0.318. The summed E-state index contributed by atoms with van der Waals surface area (Å²) in [6.07, 6.45) is 0. The average Bonchev–Trinajstić information content (AvgIpc) is 2.46. The van der Waals surface area contributed by atoms with Crippen LogP contribution >= 0.6 is 0 Å². The van der Waals surface area contributed by atoms with E-state index in [-0.39, 0.29) is 11.7 Å². The quantitative estimate of drug-likeness (QED) is 0.393. The third-order valence-electron chi connectivity index (χ3n) is 3.31. The van der Waals surface area contributed by atoms with Gasteiger partial charge in [0.15, 0.2) is 5.84 Å². The zero-order valence-corrected chi connectivity index (χ0v) is 12.0. The molecule has 0 unspecified atom stereocenters. The number of anilines is 1. The Morgan fingerprint density at radius 3 is 2.67 bits per heavy atom. The van der Waals surface area contributed by atoms with Gasteiger partial charge in [0, 0.05) is 19.2 Å². The number of amidine groups is 1. The molecule has 0 spiro atoms. The molecule has 0 bridgehead atoms. The van der Waals surface area contributed by atoms with Crippen LogP contribution in [0.5, 0.6) is 0 Å². The molecule has 0 aliphatic rings. The molecule has 0 aromatic heterocycles. The predicted octanol–water partition coefficient (Wildman–Crippen LogP) is 2.87. The third kappa shape index (κ3) is 3.31. The molecule has 0 amide bonds. The molecule has 0 fully saturated rings. The van der Waals surface area contributed by atoms with Crippen molar-refractivity contribution >= 4 is 11.5 Å². The molecule has 21 heavy (non-hydrogen) atoms. The maximum atomic E-state index is 13.3. The molecule has 2 aromatic carbocycles. The maximum absolute atomic E-state index is 13.3. The summed E-state index contributed by atoms with van der Waals surface area (Å²) in [6.45, 7) is 2.47. The first-order valence-electron chi connectivity index (χ1n) is 6.56. The Morgan fingerprint density at radius 1 is 1.29 bits per heavy atom. The SMILES string of the molecule is Cc1cccc(/C(N)=N/O)c1N(C)Cc1cccc(F)c1. The van der Waals surface area contributed by atoms with Crippen molar-refractivity contribution < 1.29 is 9.60 Å². The van der Waals surface area contributed by atoms with Crippen molar-refractivity contribution in [1.29, 1.82) is 0 Å². The molecule has 0 radical (unpaired) electrons. The van der Waals surface area contributed by atoms with Crippen LogP contribution < -0.4 is 10.6 Å². The maximum Gasteiger partial charge on any atom is 0.172 e. The van der Waals surface area contributed by atoms with Crippen molar-refractivity contribution in [3.63, 3.8) is 0 Å². The van der Waals surface area contributed by atoms with Crippen molar-refractivity contribution in [2.45, 2.75) is 13.5 Å². The molecule has 0 saturated carbocycles. The van der Waals surface area contributed by atoms with Crippen LogP contribution in [-0.4, -0.2) is 18.1 Å². The smallest absolute Gasteiger partial charge is 0.172 e. The number of benzene rings is 2. The standard InChI is InChI=1S/C16H18FN3O/c1-11-5-3-8-14(16(18)19-21)15(11)20(2)10-12-6-4-7-13(17)9-12/h3-9,21H,10H2,1-2H3,(H2,18,19). The topological polar surface area (TPSA) is 61.9 Å². The second-order valence-electron chi connectivity index (χ2n) is 4.94. The van der Waals surface area contributed by atoms with E-state index in [2.05, 4.69) is 5.16 Å². The van der Waals surface area contributed by atoms with E-state index in [4.69, 9.17) is 10.9 Å². The second-order valence-corrected chi connectivity index (χ2v) is 4.94. The second kappa shape index (κ2) is 6.26. The van der Waals surface area contributed by atoms with Gasteiger partial charge >= 0.3 is 0 Å². The van der Waals surface area contributed by atoms with E-state index in [1.165, 1.54) is 12.1 Å². The number of nitrogens with two attached hydrogens (primary N) is 1. The number of aryl methyl sites for hydroxylation is 1. The van der Waals surface area contributed by atoms with E-state index in [0.717, 1.165) is 16.8 Å². The van der Waals surface area contributed by atoms with Crippen LogP contribution in [0.2, 0.25) is 0 Å². The van der Waals surface area contributed by atoms with Gasteiger partial charge in [-0.15, -0.1) is 0 Å². The van der Waals surface area contributed by atoms with Crippen molar-refractivity contribution in [3.8, 4) is 0 Å². The van der Waals surface area contributed by atoms with Gasteiger partial charge in [-0.1, -0.05) is 29.4 Å². The normalized spacial score (nSPS) is 11.5. The van der Waals surface area contributed by atoms with E-state index in [9.17, 15) is 4.39 Å². The molecule has 0 aliphatic carbocycles. The summed E-state index contributed by atoms with van der Waals surface area (Å²) in [5, 5.41) is 12.0. The lowest BCUT2D eigenvalue weighted by atomic mass is 10.1. The van der Waals surface area contributed by atoms with Crippen molar-refractivity contribution in [2.75, 3.05) is 11.9 Å². The highest BCUT2D eigenvalue weighted by Crippen LogP contribution is 2.25.